The lowest BCUT2D eigenvalue weighted by molar-refractivity contribution is -0.167. The van der Waals surface area contributed by atoms with E-state index in [0.717, 1.165) is 57.8 Å². The van der Waals surface area contributed by atoms with E-state index in [2.05, 4.69) is 32.9 Å². The minimum atomic E-state index is -0.759. The topological polar surface area (TPSA) is 78.9 Å². The van der Waals surface area contributed by atoms with Gasteiger partial charge in [-0.05, 0) is 44.9 Å². The summed E-state index contributed by atoms with van der Waals surface area (Å²) < 4.78 is 16.6. The Bertz CT molecular complexity index is 854. The van der Waals surface area contributed by atoms with E-state index in [1.807, 2.05) is 0 Å². The molecule has 0 spiro atoms. The van der Waals surface area contributed by atoms with Crippen molar-refractivity contribution in [3.05, 3.63) is 12.2 Å². The van der Waals surface area contributed by atoms with Crippen LogP contribution in [0.25, 0.3) is 0 Å². The first-order valence-corrected chi connectivity index (χ1v) is 24.2. The molecule has 0 bridgehead atoms. The lowest BCUT2D eigenvalue weighted by Gasteiger charge is -2.18. The largest absolute Gasteiger partial charge is 0.462 e. The lowest BCUT2D eigenvalue weighted by Crippen LogP contribution is -2.30. The summed E-state index contributed by atoms with van der Waals surface area (Å²) in [6.07, 6.45) is 48.1. The molecule has 0 saturated carbocycles. The van der Waals surface area contributed by atoms with E-state index in [4.69, 9.17) is 14.2 Å². The van der Waals surface area contributed by atoms with E-state index in [0.29, 0.717) is 19.3 Å². The van der Waals surface area contributed by atoms with E-state index >= 15 is 0 Å². The Morgan fingerprint density at radius 2 is 0.600 bits per heavy atom. The third-order valence-electron chi connectivity index (χ3n) is 10.8. The van der Waals surface area contributed by atoms with Crippen LogP contribution >= 0.6 is 0 Å². The minimum Gasteiger partial charge on any atom is -0.462 e. The molecule has 6 heteroatoms. The molecule has 1 unspecified atom stereocenters. The van der Waals surface area contributed by atoms with Gasteiger partial charge in [0.05, 0.1) is 0 Å². The van der Waals surface area contributed by atoms with Gasteiger partial charge in [0.2, 0.25) is 0 Å². The first-order chi connectivity index (χ1) is 27.0. The van der Waals surface area contributed by atoms with Crippen molar-refractivity contribution in [3.63, 3.8) is 0 Å². The van der Waals surface area contributed by atoms with Crippen molar-refractivity contribution in [2.75, 3.05) is 13.2 Å². The molecule has 0 radical (unpaired) electrons. The molecule has 324 valence electrons. The number of ether oxygens (including phenoxy) is 3. The fourth-order valence-corrected chi connectivity index (χ4v) is 7.08. The zero-order valence-electron chi connectivity index (χ0n) is 37.0. The first kappa shape index (κ1) is 53.1. The summed E-state index contributed by atoms with van der Waals surface area (Å²) in [7, 11) is 0. The van der Waals surface area contributed by atoms with Crippen molar-refractivity contribution >= 4 is 17.9 Å². The van der Waals surface area contributed by atoms with Gasteiger partial charge >= 0.3 is 17.9 Å². The molecular weight excluding hydrogens is 685 g/mol. The maximum Gasteiger partial charge on any atom is 0.306 e. The SMILES string of the molecule is CCCCCCCCCC/C=C\CCCCCCCCCCCCCC(=O)OCC(COC(=O)CCCCCCCC)OC(=O)CCCCCCCCCC. The molecule has 0 heterocycles. The molecule has 0 aromatic rings. The van der Waals surface area contributed by atoms with Gasteiger partial charge < -0.3 is 14.2 Å². The quantitative estimate of drug-likeness (QED) is 0.0265. The molecule has 0 aliphatic rings. The molecule has 0 amide bonds. The van der Waals surface area contributed by atoms with Crippen LogP contribution in [0.2, 0.25) is 0 Å². The van der Waals surface area contributed by atoms with E-state index in [1.165, 1.54) is 167 Å². The van der Waals surface area contributed by atoms with Gasteiger partial charge in [0.25, 0.3) is 0 Å². The summed E-state index contributed by atoms with van der Waals surface area (Å²) in [5, 5.41) is 0. The van der Waals surface area contributed by atoms with E-state index in [-0.39, 0.29) is 31.1 Å². The normalized spacial score (nSPS) is 12.0. The van der Waals surface area contributed by atoms with Crippen LogP contribution in [0.15, 0.2) is 12.2 Å². The van der Waals surface area contributed by atoms with Gasteiger partial charge in [0.15, 0.2) is 6.10 Å². The molecule has 0 aromatic carbocycles. The average molecular weight is 777 g/mol. The average Bonchev–Trinajstić information content (AvgIpc) is 3.18. The third-order valence-corrected chi connectivity index (χ3v) is 10.8. The summed E-state index contributed by atoms with van der Waals surface area (Å²) in [6, 6.07) is 0. The summed E-state index contributed by atoms with van der Waals surface area (Å²) >= 11 is 0. The molecule has 0 aliphatic carbocycles. The number of carbonyl (C=O) groups is 3. The molecule has 55 heavy (non-hydrogen) atoms. The number of allylic oxidation sites excluding steroid dienone is 2. The Balaban J connectivity index is 4.01. The monoisotopic (exact) mass is 777 g/mol. The highest BCUT2D eigenvalue weighted by molar-refractivity contribution is 5.71. The molecule has 0 aliphatic heterocycles. The molecule has 0 saturated heterocycles. The second-order valence-corrected chi connectivity index (χ2v) is 16.4. The molecule has 0 fully saturated rings. The predicted octanol–water partition coefficient (Wildman–Crippen LogP) is 15.4. The van der Waals surface area contributed by atoms with Crippen molar-refractivity contribution < 1.29 is 28.6 Å². The van der Waals surface area contributed by atoms with Gasteiger partial charge in [-0.1, -0.05) is 213 Å². The van der Waals surface area contributed by atoms with Crippen molar-refractivity contribution in [3.8, 4) is 0 Å². The third kappa shape index (κ3) is 43.1. The Hall–Kier alpha value is -1.85. The molecular formula is C49H92O6. The molecule has 0 aromatic heterocycles. The van der Waals surface area contributed by atoms with Crippen LogP contribution in [0, 0.1) is 0 Å². The van der Waals surface area contributed by atoms with E-state index in [9.17, 15) is 14.4 Å². The minimum absolute atomic E-state index is 0.0671. The summed E-state index contributed by atoms with van der Waals surface area (Å²) in [5.41, 5.74) is 0. The summed E-state index contributed by atoms with van der Waals surface area (Å²) in [4.78, 5) is 37.4. The van der Waals surface area contributed by atoms with Crippen molar-refractivity contribution in [1.82, 2.24) is 0 Å². The zero-order valence-corrected chi connectivity index (χ0v) is 37.0. The highest BCUT2D eigenvalue weighted by Gasteiger charge is 2.19. The summed E-state index contributed by atoms with van der Waals surface area (Å²) in [6.45, 7) is 6.56. The number of rotatable bonds is 44. The van der Waals surface area contributed by atoms with Crippen molar-refractivity contribution in [2.45, 2.75) is 271 Å². The molecule has 1 atom stereocenters. The fraction of sp³-hybridized carbons (Fsp3) is 0.898. The lowest BCUT2D eigenvalue weighted by atomic mass is 10.0. The second-order valence-electron chi connectivity index (χ2n) is 16.4. The van der Waals surface area contributed by atoms with Crippen molar-refractivity contribution in [2.24, 2.45) is 0 Å². The van der Waals surface area contributed by atoms with Gasteiger partial charge in [-0.3, -0.25) is 14.4 Å². The zero-order chi connectivity index (χ0) is 40.1. The van der Waals surface area contributed by atoms with Gasteiger partial charge in [0.1, 0.15) is 13.2 Å². The highest BCUT2D eigenvalue weighted by atomic mass is 16.6. The van der Waals surface area contributed by atoms with Crippen LogP contribution in [0.4, 0.5) is 0 Å². The van der Waals surface area contributed by atoms with Crippen LogP contribution in [-0.2, 0) is 28.6 Å². The van der Waals surface area contributed by atoms with Crippen LogP contribution in [0.5, 0.6) is 0 Å². The van der Waals surface area contributed by atoms with Gasteiger partial charge in [-0.25, -0.2) is 0 Å². The Morgan fingerprint density at radius 1 is 0.345 bits per heavy atom. The number of carbonyl (C=O) groups excluding carboxylic acids is 3. The van der Waals surface area contributed by atoms with E-state index < -0.39 is 6.10 Å². The smallest absolute Gasteiger partial charge is 0.306 e. The van der Waals surface area contributed by atoms with Crippen LogP contribution in [0.3, 0.4) is 0 Å². The Morgan fingerprint density at radius 3 is 0.909 bits per heavy atom. The summed E-state index contributed by atoms with van der Waals surface area (Å²) in [5.74, 6) is -0.874. The molecule has 0 rings (SSSR count). The Kier molecular flexibility index (Phi) is 43.4. The fourth-order valence-electron chi connectivity index (χ4n) is 7.08. The van der Waals surface area contributed by atoms with Gasteiger partial charge in [0, 0.05) is 19.3 Å². The van der Waals surface area contributed by atoms with Crippen LogP contribution in [0.1, 0.15) is 265 Å². The maximum absolute atomic E-state index is 12.6. The Labute approximate surface area is 341 Å². The van der Waals surface area contributed by atoms with Gasteiger partial charge in [-0.15, -0.1) is 0 Å². The highest BCUT2D eigenvalue weighted by Crippen LogP contribution is 2.15. The second kappa shape index (κ2) is 44.9. The maximum atomic E-state index is 12.6. The standard InChI is InChI=1S/C49H92O6/c1-4-7-10-13-16-18-19-20-21-22-23-24-25-26-27-28-29-30-31-32-34-36-39-42-48(51)54-45-46(44-53-47(50)41-38-35-15-12-9-6-3)55-49(52)43-40-37-33-17-14-11-8-5-2/h22-23,46H,4-21,24-45H2,1-3H3/b23-22-. The number of hydrogen-bond donors (Lipinski definition) is 0. The molecule has 6 nitrogen and oxygen atoms in total. The molecule has 0 N–H and O–H groups in total. The van der Waals surface area contributed by atoms with Crippen LogP contribution < -0.4 is 0 Å². The number of hydrogen-bond acceptors (Lipinski definition) is 6. The van der Waals surface area contributed by atoms with Crippen LogP contribution in [-0.4, -0.2) is 37.2 Å². The first-order valence-electron chi connectivity index (χ1n) is 24.2. The number of esters is 3. The predicted molar refractivity (Wildman–Crippen MR) is 233 cm³/mol. The van der Waals surface area contributed by atoms with Gasteiger partial charge in [-0.2, -0.15) is 0 Å². The van der Waals surface area contributed by atoms with E-state index in [1.54, 1.807) is 0 Å². The number of unbranched alkanes of at least 4 members (excludes halogenated alkanes) is 31. The van der Waals surface area contributed by atoms with Crippen molar-refractivity contribution in [1.29, 1.82) is 0 Å².